The molecule has 0 spiro atoms. The maximum absolute atomic E-state index is 3.73. The molecule has 0 aliphatic carbocycles. The second-order valence-corrected chi connectivity index (χ2v) is 5.25. The second-order valence-electron chi connectivity index (χ2n) is 4.07. The Labute approximate surface area is 95.9 Å². The van der Waals surface area contributed by atoms with Gasteiger partial charge in [0.05, 0.1) is 0 Å². The van der Waals surface area contributed by atoms with Crippen LogP contribution in [0.5, 0.6) is 0 Å². The fourth-order valence-electron chi connectivity index (χ4n) is 1.88. The summed E-state index contributed by atoms with van der Waals surface area (Å²) in [5.74, 6) is 0.598. The first kappa shape index (κ1) is 11.8. The Bertz CT molecular complexity index is 304. The van der Waals surface area contributed by atoms with Crippen molar-refractivity contribution in [1.29, 1.82) is 0 Å². The minimum atomic E-state index is 0.587. The molecule has 1 aromatic carbocycles. The summed E-state index contributed by atoms with van der Waals surface area (Å²) >= 11 is 3.73. The molecular weight excluding hydrogens is 236 g/mol. The lowest BCUT2D eigenvalue weighted by Gasteiger charge is -2.19. The molecule has 0 nitrogen and oxygen atoms in total. The summed E-state index contributed by atoms with van der Waals surface area (Å²) < 4.78 is 0. The maximum atomic E-state index is 3.73. The van der Waals surface area contributed by atoms with Gasteiger partial charge in [-0.3, -0.25) is 0 Å². The zero-order valence-corrected chi connectivity index (χ0v) is 11.1. The molecule has 0 saturated heterocycles. The van der Waals surface area contributed by atoms with Crippen molar-refractivity contribution in [2.45, 2.75) is 44.9 Å². The highest BCUT2D eigenvalue weighted by atomic mass is 79.9. The molecule has 0 bridgehead atoms. The second kappa shape index (κ2) is 4.97. The third-order valence-electron chi connectivity index (χ3n) is 2.85. The molecule has 2 unspecified atom stereocenters. The number of hydrogen-bond acceptors (Lipinski definition) is 0. The van der Waals surface area contributed by atoms with Crippen molar-refractivity contribution in [3.05, 3.63) is 34.9 Å². The lowest BCUT2D eigenvalue weighted by atomic mass is 9.92. The summed E-state index contributed by atoms with van der Waals surface area (Å²) in [7, 11) is 0. The summed E-state index contributed by atoms with van der Waals surface area (Å²) in [6, 6.07) is 6.73. The van der Waals surface area contributed by atoms with Gasteiger partial charge in [0.2, 0.25) is 0 Å². The van der Waals surface area contributed by atoms with Gasteiger partial charge in [-0.05, 0) is 37.3 Å². The lowest BCUT2D eigenvalue weighted by molar-refractivity contribution is 0.690. The molecule has 0 N–H and O–H groups in total. The smallest absolute Gasteiger partial charge is 0.0209 e. The van der Waals surface area contributed by atoms with Gasteiger partial charge >= 0.3 is 0 Å². The third kappa shape index (κ3) is 2.60. The minimum Gasteiger partial charge on any atom is -0.0884 e. The molecule has 2 atom stereocenters. The van der Waals surface area contributed by atoms with E-state index >= 15 is 0 Å². The highest BCUT2D eigenvalue weighted by Gasteiger charge is 2.15. The predicted molar refractivity (Wildman–Crippen MR) is 67.3 cm³/mol. The van der Waals surface area contributed by atoms with Crippen molar-refractivity contribution in [2.24, 2.45) is 0 Å². The molecule has 0 radical (unpaired) electrons. The summed E-state index contributed by atoms with van der Waals surface area (Å²) in [6.45, 7) is 8.86. The van der Waals surface area contributed by atoms with E-state index in [4.69, 9.17) is 0 Å². The first-order chi connectivity index (χ1) is 6.56. The number of alkyl halides is 1. The van der Waals surface area contributed by atoms with Crippen LogP contribution in [-0.2, 0) is 0 Å². The van der Waals surface area contributed by atoms with Crippen LogP contribution in [0.15, 0.2) is 18.2 Å². The fraction of sp³-hybridized carbons (Fsp3) is 0.538. The molecule has 0 aromatic heterocycles. The standard InChI is InChI=1S/C13H19Br/c1-5-13(14)11(4)12-7-6-9(2)8-10(12)3/h6-8,11,13H,5H2,1-4H3. The molecule has 0 saturated carbocycles. The van der Waals surface area contributed by atoms with Crippen molar-refractivity contribution in [3.63, 3.8) is 0 Å². The molecular formula is C13H19Br. The number of aryl methyl sites for hydroxylation is 2. The van der Waals surface area contributed by atoms with Crippen molar-refractivity contribution in [1.82, 2.24) is 0 Å². The van der Waals surface area contributed by atoms with Crippen LogP contribution in [-0.4, -0.2) is 4.83 Å². The molecule has 1 aromatic rings. The molecule has 1 heteroatoms. The quantitative estimate of drug-likeness (QED) is 0.693. The topological polar surface area (TPSA) is 0 Å². The number of hydrogen-bond donors (Lipinski definition) is 0. The van der Waals surface area contributed by atoms with Gasteiger partial charge < -0.3 is 0 Å². The van der Waals surface area contributed by atoms with Crippen LogP contribution in [0.4, 0.5) is 0 Å². The Balaban J connectivity index is 2.95. The average Bonchev–Trinajstić information content (AvgIpc) is 2.15. The Morgan fingerprint density at radius 3 is 2.43 bits per heavy atom. The van der Waals surface area contributed by atoms with Crippen LogP contribution < -0.4 is 0 Å². The third-order valence-corrected chi connectivity index (χ3v) is 4.29. The van der Waals surface area contributed by atoms with E-state index in [9.17, 15) is 0 Å². The van der Waals surface area contributed by atoms with Gasteiger partial charge in [0.1, 0.15) is 0 Å². The molecule has 14 heavy (non-hydrogen) atoms. The van der Waals surface area contributed by atoms with Crippen molar-refractivity contribution in [3.8, 4) is 0 Å². The summed E-state index contributed by atoms with van der Waals surface area (Å²) in [6.07, 6.45) is 1.18. The maximum Gasteiger partial charge on any atom is 0.0209 e. The zero-order valence-electron chi connectivity index (χ0n) is 9.47. The highest BCUT2D eigenvalue weighted by Crippen LogP contribution is 2.29. The van der Waals surface area contributed by atoms with Crippen LogP contribution in [0.2, 0.25) is 0 Å². The SMILES string of the molecule is CCC(Br)C(C)c1ccc(C)cc1C. The minimum absolute atomic E-state index is 0.587. The van der Waals surface area contributed by atoms with E-state index in [-0.39, 0.29) is 0 Å². The van der Waals surface area contributed by atoms with Crippen LogP contribution in [0, 0.1) is 13.8 Å². The van der Waals surface area contributed by atoms with Gasteiger partial charge in [0.25, 0.3) is 0 Å². The van der Waals surface area contributed by atoms with E-state index < -0.39 is 0 Å². The molecule has 0 aliphatic rings. The molecule has 0 aliphatic heterocycles. The predicted octanol–water partition coefficient (Wildman–Crippen LogP) is 4.58. The van der Waals surface area contributed by atoms with Gasteiger partial charge in [-0.2, -0.15) is 0 Å². The Hall–Kier alpha value is -0.300. The Morgan fingerprint density at radius 2 is 1.93 bits per heavy atom. The summed E-state index contributed by atoms with van der Waals surface area (Å²) in [5.41, 5.74) is 4.23. The van der Waals surface area contributed by atoms with Gasteiger partial charge in [-0.15, -0.1) is 0 Å². The van der Waals surface area contributed by atoms with Crippen LogP contribution in [0.1, 0.15) is 42.9 Å². The Morgan fingerprint density at radius 1 is 1.29 bits per heavy atom. The monoisotopic (exact) mass is 254 g/mol. The van der Waals surface area contributed by atoms with E-state index in [2.05, 4.69) is 61.8 Å². The number of benzene rings is 1. The lowest BCUT2D eigenvalue weighted by Crippen LogP contribution is -2.09. The van der Waals surface area contributed by atoms with Gasteiger partial charge in [-0.1, -0.05) is 53.5 Å². The first-order valence-electron chi connectivity index (χ1n) is 5.27. The molecule has 0 heterocycles. The Kier molecular flexibility index (Phi) is 4.18. The van der Waals surface area contributed by atoms with Crippen molar-refractivity contribution >= 4 is 15.9 Å². The van der Waals surface area contributed by atoms with E-state index in [1.807, 2.05) is 0 Å². The molecule has 0 fully saturated rings. The fourth-order valence-corrected chi connectivity index (χ4v) is 2.17. The largest absolute Gasteiger partial charge is 0.0884 e. The highest BCUT2D eigenvalue weighted by molar-refractivity contribution is 9.09. The number of halogens is 1. The van der Waals surface area contributed by atoms with Crippen molar-refractivity contribution < 1.29 is 0 Å². The molecule has 1 rings (SSSR count). The van der Waals surface area contributed by atoms with E-state index in [1.54, 1.807) is 0 Å². The normalized spacial score (nSPS) is 15.2. The molecule has 78 valence electrons. The zero-order chi connectivity index (χ0) is 10.7. The number of rotatable bonds is 3. The summed E-state index contributed by atoms with van der Waals surface area (Å²) in [5, 5.41) is 0. The van der Waals surface area contributed by atoms with Gasteiger partial charge in [-0.25, -0.2) is 0 Å². The van der Waals surface area contributed by atoms with Crippen molar-refractivity contribution in [2.75, 3.05) is 0 Å². The van der Waals surface area contributed by atoms with Crippen LogP contribution in [0.25, 0.3) is 0 Å². The van der Waals surface area contributed by atoms with E-state index in [1.165, 1.54) is 23.1 Å². The van der Waals surface area contributed by atoms with E-state index in [0.717, 1.165) is 0 Å². The summed E-state index contributed by atoms with van der Waals surface area (Å²) in [4.78, 5) is 0.587. The van der Waals surface area contributed by atoms with Crippen LogP contribution >= 0.6 is 15.9 Å². The van der Waals surface area contributed by atoms with Crippen LogP contribution in [0.3, 0.4) is 0 Å². The van der Waals surface area contributed by atoms with Gasteiger partial charge in [0.15, 0.2) is 0 Å². The molecule has 0 amide bonds. The average molecular weight is 255 g/mol. The van der Waals surface area contributed by atoms with E-state index in [0.29, 0.717) is 10.7 Å². The first-order valence-corrected chi connectivity index (χ1v) is 6.19. The van der Waals surface area contributed by atoms with Gasteiger partial charge in [0, 0.05) is 4.83 Å².